The molecule has 29 heavy (non-hydrogen) atoms. The monoisotopic (exact) mass is 415 g/mol. The summed E-state index contributed by atoms with van der Waals surface area (Å²) in [6.45, 7) is 1.21. The number of hydrogen-bond acceptors (Lipinski definition) is 5. The fraction of sp³-hybridized carbons (Fsp3) is 0.500. The summed E-state index contributed by atoms with van der Waals surface area (Å²) in [5, 5.41) is 14.8. The van der Waals surface area contributed by atoms with Gasteiger partial charge in [-0.15, -0.1) is 22.6 Å². The molecular formula is C22H30ClN5O. The SMILES string of the molecule is Cl.NC1C2CCCC1CC(C(=O)NCCNc1ccc(-c3ccccc3)nn1)C2. The second kappa shape index (κ2) is 10.0. The van der Waals surface area contributed by atoms with Crippen molar-refractivity contribution in [1.82, 2.24) is 15.5 Å². The minimum absolute atomic E-state index is 0. The van der Waals surface area contributed by atoms with Gasteiger partial charge in [0.2, 0.25) is 5.91 Å². The zero-order chi connectivity index (χ0) is 19.3. The Balaban J connectivity index is 0.00000240. The van der Waals surface area contributed by atoms with Gasteiger partial charge in [0, 0.05) is 30.6 Å². The quantitative estimate of drug-likeness (QED) is 0.630. The maximum absolute atomic E-state index is 12.5. The molecule has 1 heterocycles. The molecule has 2 fully saturated rings. The van der Waals surface area contributed by atoms with Gasteiger partial charge in [0.25, 0.3) is 0 Å². The first-order chi connectivity index (χ1) is 13.7. The fourth-order valence-electron chi connectivity index (χ4n) is 4.71. The predicted octanol–water partition coefficient (Wildman–Crippen LogP) is 3.25. The Morgan fingerprint density at radius 3 is 2.38 bits per heavy atom. The van der Waals surface area contributed by atoms with Crippen LogP contribution in [-0.2, 0) is 4.79 Å². The summed E-state index contributed by atoms with van der Waals surface area (Å²) in [7, 11) is 0. The highest BCUT2D eigenvalue weighted by Gasteiger charge is 2.40. The summed E-state index contributed by atoms with van der Waals surface area (Å²) in [5.41, 5.74) is 8.22. The van der Waals surface area contributed by atoms with Crippen LogP contribution in [0.3, 0.4) is 0 Å². The molecule has 0 saturated heterocycles. The number of benzene rings is 1. The van der Waals surface area contributed by atoms with Crippen LogP contribution in [0.4, 0.5) is 5.82 Å². The standard InChI is InChI=1S/C22H29N5O.ClH/c23-21-16-7-4-8-17(21)14-18(13-16)22(28)25-12-11-24-20-10-9-19(26-27-20)15-5-2-1-3-6-15;/h1-3,5-6,9-10,16-18,21H,4,7-8,11-14,23H2,(H,24,27)(H,25,28);1H. The van der Waals surface area contributed by atoms with Crippen molar-refractivity contribution < 1.29 is 4.79 Å². The molecule has 4 rings (SSSR count). The number of halogens is 1. The van der Waals surface area contributed by atoms with Crippen LogP contribution in [0.15, 0.2) is 42.5 Å². The van der Waals surface area contributed by atoms with Crippen LogP contribution in [0.25, 0.3) is 11.3 Å². The molecule has 4 N–H and O–H groups in total. The van der Waals surface area contributed by atoms with Gasteiger partial charge in [-0.1, -0.05) is 36.8 Å². The van der Waals surface area contributed by atoms with Crippen molar-refractivity contribution in [1.29, 1.82) is 0 Å². The third kappa shape index (κ3) is 5.25. The van der Waals surface area contributed by atoms with E-state index in [0.717, 1.165) is 24.1 Å². The average molecular weight is 416 g/mol. The lowest BCUT2D eigenvalue weighted by Crippen LogP contribution is -2.49. The van der Waals surface area contributed by atoms with Crippen LogP contribution in [0.1, 0.15) is 32.1 Å². The van der Waals surface area contributed by atoms with Crippen LogP contribution in [-0.4, -0.2) is 35.2 Å². The smallest absolute Gasteiger partial charge is 0.223 e. The topological polar surface area (TPSA) is 92.9 Å². The van der Waals surface area contributed by atoms with Crippen molar-refractivity contribution in [2.45, 2.75) is 38.1 Å². The molecule has 2 atom stereocenters. The molecular weight excluding hydrogens is 386 g/mol. The molecule has 2 aliphatic carbocycles. The maximum Gasteiger partial charge on any atom is 0.223 e. The van der Waals surface area contributed by atoms with E-state index in [-0.39, 0.29) is 24.2 Å². The number of nitrogens with one attached hydrogen (secondary N) is 2. The summed E-state index contributed by atoms with van der Waals surface area (Å²) in [5.74, 6) is 2.07. The van der Waals surface area contributed by atoms with Crippen molar-refractivity contribution in [3.8, 4) is 11.3 Å². The summed E-state index contributed by atoms with van der Waals surface area (Å²) in [6, 6.07) is 14.1. The highest BCUT2D eigenvalue weighted by atomic mass is 35.5. The number of fused-ring (bicyclic) bond motifs is 2. The van der Waals surface area contributed by atoms with E-state index in [1.165, 1.54) is 19.3 Å². The minimum Gasteiger partial charge on any atom is -0.367 e. The lowest BCUT2D eigenvalue weighted by Gasteiger charge is -2.43. The van der Waals surface area contributed by atoms with Gasteiger partial charge in [-0.2, -0.15) is 0 Å². The number of amides is 1. The zero-order valence-corrected chi connectivity index (χ0v) is 17.4. The number of hydrogen-bond donors (Lipinski definition) is 3. The molecule has 2 aliphatic rings. The Morgan fingerprint density at radius 2 is 1.72 bits per heavy atom. The third-order valence-electron chi connectivity index (χ3n) is 6.25. The van der Waals surface area contributed by atoms with E-state index in [9.17, 15) is 4.79 Å². The highest BCUT2D eigenvalue weighted by molar-refractivity contribution is 5.85. The molecule has 0 radical (unpaired) electrons. The van der Waals surface area contributed by atoms with Gasteiger partial charge in [-0.3, -0.25) is 4.79 Å². The number of carbonyl (C=O) groups is 1. The number of aromatic nitrogens is 2. The maximum atomic E-state index is 12.5. The van der Waals surface area contributed by atoms with E-state index in [4.69, 9.17) is 5.73 Å². The number of rotatable bonds is 6. The van der Waals surface area contributed by atoms with Crippen LogP contribution in [0.2, 0.25) is 0 Å². The lowest BCUT2D eigenvalue weighted by atomic mass is 9.65. The largest absolute Gasteiger partial charge is 0.367 e. The summed E-state index contributed by atoms with van der Waals surface area (Å²) in [4.78, 5) is 12.5. The summed E-state index contributed by atoms with van der Waals surface area (Å²) in [6.07, 6.45) is 5.53. The van der Waals surface area contributed by atoms with Crippen LogP contribution in [0.5, 0.6) is 0 Å². The van der Waals surface area contributed by atoms with Gasteiger partial charge in [-0.25, -0.2) is 0 Å². The Bertz CT molecular complexity index is 772. The van der Waals surface area contributed by atoms with Crippen LogP contribution < -0.4 is 16.4 Å². The van der Waals surface area contributed by atoms with Crippen molar-refractivity contribution in [2.24, 2.45) is 23.5 Å². The number of carbonyl (C=O) groups excluding carboxylic acids is 1. The summed E-state index contributed by atoms with van der Waals surface area (Å²) >= 11 is 0. The second-order valence-corrected chi connectivity index (χ2v) is 8.08. The van der Waals surface area contributed by atoms with E-state index < -0.39 is 0 Å². The van der Waals surface area contributed by atoms with Crippen LogP contribution in [0, 0.1) is 17.8 Å². The molecule has 1 amide bonds. The molecule has 6 nitrogen and oxygen atoms in total. The van der Waals surface area contributed by atoms with Crippen molar-refractivity contribution >= 4 is 24.1 Å². The van der Waals surface area contributed by atoms with Gasteiger partial charge >= 0.3 is 0 Å². The first kappa shape index (κ1) is 21.5. The van der Waals surface area contributed by atoms with Gasteiger partial charge in [-0.05, 0) is 49.7 Å². The number of nitrogens with two attached hydrogens (primary N) is 1. The van der Waals surface area contributed by atoms with Crippen molar-refractivity contribution in [3.05, 3.63) is 42.5 Å². The molecule has 7 heteroatoms. The highest BCUT2D eigenvalue weighted by Crippen LogP contribution is 2.41. The second-order valence-electron chi connectivity index (χ2n) is 8.08. The van der Waals surface area contributed by atoms with Gasteiger partial charge in [0.05, 0.1) is 5.69 Å². The first-order valence-corrected chi connectivity index (χ1v) is 10.4. The molecule has 1 aromatic carbocycles. The fourth-order valence-corrected chi connectivity index (χ4v) is 4.71. The minimum atomic E-state index is 0. The van der Waals surface area contributed by atoms with Gasteiger partial charge < -0.3 is 16.4 Å². The zero-order valence-electron chi connectivity index (χ0n) is 16.6. The normalized spacial score (nSPS) is 25.6. The summed E-state index contributed by atoms with van der Waals surface area (Å²) < 4.78 is 0. The molecule has 2 saturated carbocycles. The molecule has 156 valence electrons. The van der Waals surface area contributed by atoms with Gasteiger partial charge in [0.15, 0.2) is 0 Å². The van der Waals surface area contributed by atoms with Crippen molar-refractivity contribution in [2.75, 3.05) is 18.4 Å². The number of nitrogens with zero attached hydrogens (tertiary/aromatic N) is 2. The Hall–Kier alpha value is -2.18. The molecule has 2 unspecified atom stereocenters. The third-order valence-corrected chi connectivity index (χ3v) is 6.25. The van der Waals surface area contributed by atoms with Crippen molar-refractivity contribution in [3.63, 3.8) is 0 Å². The van der Waals surface area contributed by atoms with E-state index in [1.807, 2.05) is 42.5 Å². The van der Waals surface area contributed by atoms with Gasteiger partial charge in [0.1, 0.15) is 5.82 Å². The lowest BCUT2D eigenvalue weighted by molar-refractivity contribution is -0.127. The first-order valence-electron chi connectivity index (χ1n) is 10.4. The molecule has 0 spiro atoms. The Labute approximate surface area is 178 Å². The van der Waals surface area contributed by atoms with E-state index in [0.29, 0.717) is 36.8 Å². The number of anilines is 1. The van der Waals surface area contributed by atoms with E-state index in [2.05, 4.69) is 20.8 Å². The molecule has 2 bridgehead atoms. The molecule has 2 aromatic rings. The Kier molecular flexibility index (Phi) is 7.45. The Morgan fingerprint density at radius 1 is 1.00 bits per heavy atom. The predicted molar refractivity (Wildman–Crippen MR) is 118 cm³/mol. The average Bonchev–Trinajstić information content (AvgIpc) is 2.72. The van der Waals surface area contributed by atoms with E-state index in [1.54, 1.807) is 0 Å². The van der Waals surface area contributed by atoms with Crippen LogP contribution >= 0.6 is 12.4 Å². The molecule has 0 aliphatic heterocycles. The molecule has 1 aromatic heterocycles. The van der Waals surface area contributed by atoms with E-state index >= 15 is 0 Å².